The van der Waals surface area contributed by atoms with Crippen LogP contribution in [0.5, 0.6) is 0 Å². The van der Waals surface area contributed by atoms with Gasteiger partial charge in [0.15, 0.2) is 0 Å². The summed E-state index contributed by atoms with van der Waals surface area (Å²) >= 11 is 1.66. The molecule has 0 nitrogen and oxygen atoms in total. The molecule has 36 heavy (non-hydrogen) atoms. The van der Waals surface area contributed by atoms with Crippen molar-refractivity contribution in [2.24, 2.45) is 5.92 Å². The summed E-state index contributed by atoms with van der Waals surface area (Å²) in [7, 11) is 0. The Bertz CT molecular complexity index is 1530. The van der Waals surface area contributed by atoms with Gasteiger partial charge in [-0.3, -0.25) is 0 Å². The van der Waals surface area contributed by atoms with Crippen LogP contribution in [0, 0.1) is 5.92 Å². The molecule has 2 aromatic heterocycles. The monoisotopic (exact) mass is 598 g/mol. The Morgan fingerprint density at radius 1 is 0.722 bits per heavy atom. The topological polar surface area (TPSA) is 0 Å². The van der Waals surface area contributed by atoms with Gasteiger partial charge >= 0.3 is 233 Å². The van der Waals surface area contributed by atoms with Crippen LogP contribution in [-0.4, -0.2) is 5.43 Å². The summed E-state index contributed by atoms with van der Waals surface area (Å²) in [5, 5.41) is 4.42. The van der Waals surface area contributed by atoms with E-state index in [-0.39, 0.29) is 0 Å². The first-order valence-corrected chi connectivity index (χ1v) is 23.6. The second kappa shape index (κ2) is 9.95. The third-order valence-corrected chi connectivity index (χ3v) is 29.2. The Morgan fingerprint density at radius 2 is 1.28 bits per heavy atom. The molecule has 6 rings (SSSR count). The predicted molar refractivity (Wildman–Crippen MR) is 159 cm³/mol. The molecule has 0 saturated carbocycles. The second-order valence-electron chi connectivity index (χ2n) is 10.6. The van der Waals surface area contributed by atoms with Crippen LogP contribution in [-0.2, 0) is 20.4 Å². The molecular weight excluding hydrogens is 568 g/mol. The average molecular weight is 600 g/mol. The molecule has 0 fully saturated rings. The van der Waals surface area contributed by atoms with E-state index in [4.69, 9.17) is 0 Å². The van der Waals surface area contributed by atoms with Gasteiger partial charge in [0.1, 0.15) is 0 Å². The summed E-state index contributed by atoms with van der Waals surface area (Å²) in [6, 6.07) is 23.2. The van der Waals surface area contributed by atoms with Crippen molar-refractivity contribution in [1.82, 2.24) is 0 Å². The van der Waals surface area contributed by atoms with Crippen molar-refractivity contribution in [2.75, 3.05) is 0 Å². The molecule has 180 valence electrons. The van der Waals surface area contributed by atoms with Crippen molar-refractivity contribution in [3.8, 4) is 20.9 Å². The normalized spacial score (nSPS) is 18.2. The number of thiophene rings is 2. The van der Waals surface area contributed by atoms with Crippen molar-refractivity contribution in [1.29, 1.82) is 0 Å². The Morgan fingerprint density at radius 3 is 1.78 bits per heavy atom. The van der Waals surface area contributed by atoms with Gasteiger partial charge in [-0.05, 0) is 0 Å². The molecule has 0 aliphatic heterocycles. The average Bonchev–Trinajstić information content (AvgIpc) is 3.66. The molecule has 2 aliphatic rings. The Kier molecular flexibility index (Phi) is 6.84. The van der Waals surface area contributed by atoms with Crippen LogP contribution < -0.4 is 0 Å². The fourth-order valence-corrected chi connectivity index (χ4v) is 28.7. The standard InChI is InChI=1S/C16H15S.C14H11S.C2H6Si.Zr/c1-11(2)13-9-12-5-3-6-14(15(12)10-13)16-7-4-8-17-16;1-10-8-11-4-2-5-12(13(11)9-10)14-6-3-7-15-14;1-3-2;/h3-11H,1-2H3;2-9H,1H3;1-2H3;. The third-order valence-electron chi connectivity index (χ3n) is 7.81. The minimum atomic E-state index is -2.07. The van der Waals surface area contributed by atoms with E-state index >= 15 is 0 Å². The van der Waals surface area contributed by atoms with Crippen LogP contribution in [0.1, 0.15) is 50.3 Å². The predicted octanol–water partition coefficient (Wildman–Crippen LogP) is 10.3. The van der Waals surface area contributed by atoms with Crippen molar-refractivity contribution in [3.05, 3.63) is 105 Å². The summed E-state index contributed by atoms with van der Waals surface area (Å²) < 4.78 is 1.35. The van der Waals surface area contributed by atoms with Crippen LogP contribution in [0.15, 0.2) is 82.6 Å². The van der Waals surface area contributed by atoms with Crippen LogP contribution >= 0.6 is 22.7 Å². The maximum absolute atomic E-state index is 2.63. The molecule has 2 heterocycles. The van der Waals surface area contributed by atoms with Crippen molar-refractivity contribution in [2.45, 2.75) is 41.1 Å². The van der Waals surface area contributed by atoms with E-state index in [0.29, 0.717) is 13.2 Å². The van der Waals surface area contributed by atoms with E-state index in [1.165, 1.54) is 32.0 Å². The fraction of sp³-hybridized carbons (Fsp3) is 0.250. The number of rotatable bonds is 5. The number of hydrogen-bond donors (Lipinski definition) is 0. The van der Waals surface area contributed by atoms with Gasteiger partial charge in [0.05, 0.1) is 0 Å². The molecule has 0 saturated heterocycles. The summed E-state index contributed by atoms with van der Waals surface area (Å²) in [6.07, 6.45) is 5.17. The zero-order chi connectivity index (χ0) is 25.0. The molecule has 2 aromatic carbocycles. The Hall–Kier alpha value is -1.58. The SMILES string of the molecule is CC1=Cc2c(-c3cccs3)cccc2[CH]1[Zr]([CH]1C(C(C)C)=Cc2c(-c3cccs3)cccc21)=[Si](C)C. The number of fused-ring (bicyclic) bond motifs is 2. The second-order valence-corrected chi connectivity index (χ2v) is 30.3. The van der Waals surface area contributed by atoms with Gasteiger partial charge in [-0.2, -0.15) is 0 Å². The van der Waals surface area contributed by atoms with Gasteiger partial charge in [-0.1, -0.05) is 0 Å². The van der Waals surface area contributed by atoms with Gasteiger partial charge in [-0.25, -0.2) is 0 Å². The molecule has 0 spiro atoms. The van der Waals surface area contributed by atoms with Gasteiger partial charge in [0, 0.05) is 0 Å². The molecule has 0 N–H and O–H groups in total. The van der Waals surface area contributed by atoms with Crippen LogP contribution in [0.2, 0.25) is 13.1 Å². The summed E-state index contributed by atoms with van der Waals surface area (Å²) in [4.78, 5) is 2.80. The van der Waals surface area contributed by atoms with Crippen LogP contribution in [0.4, 0.5) is 0 Å². The molecule has 0 radical (unpaired) electrons. The summed E-state index contributed by atoms with van der Waals surface area (Å²) in [6.45, 7) is 12.5. The van der Waals surface area contributed by atoms with Crippen molar-refractivity contribution >= 4 is 40.3 Å². The van der Waals surface area contributed by atoms with Crippen LogP contribution in [0.25, 0.3) is 33.0 Å². The number of benzene rings is 2. The molecule has 2 atom stereocenters. The number of hydrogen-bond acceptors (Lipinski definition) is 2. The molecule has 0 bridgehead atoms. The summed E-state index contributed by atoms with van der Waals surface area (Å²) in [5.74, 6) is 0.582. The molecule has 2 aliphatic carbocycles. The van der Waals surface area contributed by atoms with E-state index in [0.717, 1.165) is 0 Å². The van der Waals surface area contributed by atoms with E-state index < -0.39 is 25.8 Å². The fourth-order valence-electron chi connectivity index (χ4n) is 6.27. The Balaban J connectivity index is 1.53. The maximum atomic E-state index is 2.63. The van der Waals surface area contributed by atoms with Gasteiger partial charge in [0.2, 0.25) is 0 Å². The van der Waals surface area contributed by atoms with Crippen molar-refractivity contribution < 1.29 is 20.4 Å². The zero-order valence-electron chi connectivity index (χ0n) is 21.6. The van der Waals surface area contributed by atoms with Gasteiger partial charge < -0.3 is 0 Å². The first-order valence-electron chi connectivity index (χ1n) is 12.9. The minimum absolute atomic E-state index is 0.432. The first-order chi connectivity index (χ1) is 17.5. The zero-order valence-corrected chi connectivity index (χ0v) is 26.7. The molecule has 0 amide bonds. The van der Waals surface area contributed by atoms with E-state index in [1.807, 2.05) is 22.7 Å². The molecule has 2 unspecified atom stereocenters. The number of allylic oxidation sites excluding steroid dienone is 2. The first kappa shape index (κ1) is 24.7. The van der Waals surface area contributed by atoms with Gasteiger partial charge in [-0.15, -0.1) is 0 Å². The molecule has 4 aromatic rings. The van der Waals surface area contributed by atoms with Crippen molar-refractivity contribution in [3.63, 3.8) is 0 Å². The Labute approximate surface area is 231 Å². The van der Waals surface area contributed by atoms with E-state index in [9.17, 15) is 0 Å². The quantitative estimate of drug-likeness (QED) is 0.200. The summed E-state index contributed by atoms with van der Waals surface area (Å²) in [5.41, 5.74) is 12.1. The van der Waals surface area contributed by atoms with Crippen LogP contribution in [0.3, 0.4) is 0 Å². The van der Waals surface area contributed by atoms with Gasteiger partial charge in [0.25, 0.3) is 0 Å². The molecular formula is C32H32S2SiZr. The third kappa shape index (κ3) is 4.09. The van der Waals surface area contributed by atoms with E-state index in [2.05, 4.69) is 117 Å². The molecule has 4 heteroatoms. The van der Waals surface area contributed by atoms with E-state index in [1.54, 1.807) is 22.3 Å².